The van der Waals surface area contributed by atoms with E-state index in [9.17, 15) is 2.74 Å². The Morgan fingerprint density at radius 3 is 2.04 bits per heavy atom. The Kier molecular flexibility index (Phi) is 11.4. The van der Waals surface area contributed by atoms with Crippen molar-refractivity contribution in [3.8, 4) is 62.1 Å². The number of imidazole rings is 1. The molecule has 0 amide bonds. The molecule has 72 heavy (non-hydrogen) atoms. The Labute approximate surface area is 445 Å². The van der Waals surface area contributed by atoms with Crippen molar-refractivity contribution in [1.82, 2.24) is 14.1 Å². The smallest absolute Gasteiger partial charge is 0.268 e. The van der Waals surface area contributed by atoms with E-state index in [0.717, 1.165) is 78.5 Å². The Hall–Kier alpha value is -7.33. The van der Waals surface area contributed by atoms with Crippen LogP contribution in [0.3, 0.4) is 0 Å². The third-order valence-corrected chi connectivity index (χ3v) is 13.2. The summed E-state index contributed by atoms with van der Waals surface area (Å²) in [7, 11) is 0. The van der Waals surface area contributed by atoms with Gasteiger partial charge < -0.3 is 13.9 Å². The van der Waals surface area contributed by atoms with Crippen LogP contribution in [0.2, 0.25) is 0 Å². The third kappa shape index (κ3) is 9.35. The predicted molar refractivity (Wildman–Crippen MR) is 292 cm³/mol. The second-order valence-corrected chi connectivity index (χ2v) is 20.9. The SMILES string of the molecule is [2H]c1c([2H])c([2H])c(-c2cccc(-c3cc(C(C)(C)C)cc(C(C)(C)C)c3)c2-[n+]2[c-]n(-c3[c-]c(Oc4[c-]c5c(cc4)c4cc(-c6ccccc6)ccc4n5-c4cc(CC(C)C)ccn4)ccc3)c3ccccc32)c([2H])c1[2H].[Pt]. The number of aromatic nitrogens is 4. The van der Waals surface area contributed by atoms with Crippen molar-refractivity contribution in [2.24, 2.45) is 5.92 Å². The standard InChI is InChI=1S/C66H58N4O.Pt/c1-44(2)35-45-33-34-67-63(36-45)70-59-32-29-48(46-19-11-9-12-20-46)39-58(59)57-31-30-54(42-62(57)70)71-53-24-17-23-52(41-53)68-43-69(61-28-16-15-27-60(61)68)64-55(47-21-13-10-14-22-47)25-18-26-56(64)49-37-50(65(3,4)5)40-51(38-49)66(6,7)8;/h9-34,36-40,44H,35H2,1-8H3;/q-2;/i10D,13D,14D,21D,22D;. The van der Waals surface area contributed by atoms with Crippen molar-refractivity contribution in [3.63, 3.8) is 0 Å². The van der Waals surface area contributed by atoms with Crippen LogP contribution in [-0.2, 0) is 38.3 Å². The van der Waals surface area contributed by atoms with Crippen LogP contribution in [0.4, 0.5) is 0 Å². The number of nitrogens with zero attached hydrogens (tertiary/aromatic N) is 4. The Morgan fingerprint density at radius 1 is 0.611 bits per heavy atom. The van der Waals surface area contributed by atoms with Crippen LogP contribution in [0, 0.1) is 24.4 Å². The van der Waals surface area contributed by atoms with E-state index in [-0.39, 0.29) is 49.5 Å². The second kappa shape index (κ2) is 19.4. The van der Waals surface area contributed by atoms with Gasteiger partial charge >= 0.3 is 0 Å². The molecule has 6 heteroatoms. The van der Waals surface area contributed by atoms with Gasteiger partial charge in [0.2, 0.25) is 0 Å². The van der Waals surface area contributed by atoms with Gasteiger partial charge in [0.25, 0.3) is 6.33 Å². The minimum atomic E-state index is -0.446. The van der Waals surface area contributed by atoms with Crippen molar-refractivity contribution < 1.29 is 37.2 Å². The summed E-state index contributed by atoms with van der Waals surface area (Å²) < 4.78 is 57.2. The van der Waals surface area contributed by atoms with E-state index < -0.39 is 18.1 Å². The van der Waals surface area contributed by atoms with Crippen LogP contribution >= 0.6 is 0 Å². The average Bonchev–Trinajstić information content (AvgIpc) is 4.00. The quantitative estimate of drug-likeness (QED) is 0.101. The van der Waals surface area contributed by atoms with Crippen LogP contribution in [0.15, 0.2) is 188 Å². The van der Waals surface area contributed by atoms with E-state index in [1.54, 1.807) is 0 Å². The summed E-state index contributed by atoms with van der Waals surface area (Å²) in [6.45, 7) is 17.7. The first-order valence-corrected chi connectivity index (χ1v) is 24.4. The van der Waals surface area contributed by atoms with Gasteiger partial charge in [-0.2, -0.15) is 18.2 Å². The molecule has 0 radical (unpaired) electrons. The summed E-state index contributed by atoms with van der Waals surface area (Å²) in [5, 5.41) is 2.11. The fourth-order valence-corrected chi connectivity index (χ4v) is 9.62. The van der Waals surface area contributed by atoms with Gasteiger partial charge in [-0.25, -0.2) is 4.98 Å². The molecule has 8 aromatic carbocycles. The topological polar surface area (TPSA) is 35.9 Å². The number of pyridine rings is 1. The molecule has 0 aliphatic rings. The van der Waals surface area contributed by atoms with Crippen molar-refractivity contribution in [2.45, 2.75) is 72.6 Å². The van der Waals surface area contributed by atoms with E-state index in [0.29, 0.717) is 34.4 Å². The molecule has 0 N–H and O–H groups in total. The van der Waals surface area contributed by atoms with Gasteiger partial charge in [0, 0.05) is 44.3 Å². The molecule has 0 saturated heterocycles. The molecule has 0 aliphatic heterocycles. The zero-order valence-corrected chi connectivity index (χ0v) is 44.1. The Bertz CT molecular complexity index is 4010. The van der Waals surface area contributed by atoms with Gasteiger partial charge in [0.05, 0.1) is 23.6 Å². The van der Waals surface area contributed by atoms with Crippen molar-refractivity contribution in [3.05, 3.63) is 223 Å². The molecule has 11 rings (SSSR count). The van der Waals surface area contributed by atoms with Crippen molar-refractivity contribution >= 4 is 32.8 Å². The largest absolute Gasteiger partial charge is 0.510 e. The normalized spacial score (nSPS) is 12.9. The van der Waals surface area contributed by atoms with Crippen LogP contribution in [0.5, 0.6) is 11.5 Å². The summed E-state index contributed by atoms with van der Waals surface area (Å²) in [5.74, 6) is 2.26. The maximum absolute atomic E-state index is 9.23. The second-order valence-electron chi connectivity index (χ2n) is 20.9. The van der Waals surface area contributed by atoms with E-state index in [1.807, 2.05) is 88.1 Å². The van der Waals surface area contributed by atoms with Gasteiger partial charge in [-0.05, 0) is 103 Å². The van der Waals surface area contributed by atoms with Crippen molar-refractivity contribution in [2.75, 3.05) is 0 Å². The summed E-state index contributed by atoms with van der Waals surface area (Å²) in [6, 6.07) is 56.9. The average molecular weight is 1120 g/mol. The van der Waals surface area contributed by atoms with E-state index in [1.165, 1.54) is 5.56 Å². The van der Waals surface area contributed by atoms with Crippen LogP contribution < -0.4 is 9.30 Å². The molecule has 5 nitrogen and oxygen atoms in total. The van der Waals surface area contributed by atoms with Crippen LogP contribution in [0.1, 0.15) is 78.9 Å². The molecule has 3 heterocycles. The minimum Gasteiger partial charge on any atom is -0.510 e. The van der Waals surface area contributed by atoms with E-state index in [2.05, 4.69) is 157 Å². The molecule has 0 spiro atoms. The molecule has 0 saturated carbocycles. The zero-order valence-electron chi connectivity index (χ0n) is 46.8. The maximum atomic E-state index is 9.23. The van der Waals surface area contributed by atoms with Gasteiger partial charge in [-0.3, -0.25) is 4.57 Å². The first-order valence-electron chi connectivity index (χ1n) is 26.9. The monoisotopic (exact) mass is 1120 g/mol. The number of ether oxygens (including phenoxy) is 1. The number of hydrogen-bond acceptors (Lipinski definition) is 2. The number of fused-ring (bicyclic) bond motifs is 4. The van der Waals surface area contributed by atoms with Crippen molar-refractivity contribution in [1.29, 1.82) is 0 Å². The minimum absolute atomic E-state index is 0. The molecule has 11 aromatic rings. The Morgan fingerprint density at radius 2 is 1.31 bits per heavy atom. The third-order valence-electron chi connectivity index (χ3n) is 13.2. The summed E-state index contributed by atoms with van der Waals surface area (Å²) in [6.07, 6.45) is 6.49. The van der Waals surface area contributed by atoms with Gasteiger partial charge in [0.15, 0.2) is 0 Å². The molecular formula is C66H58N4OPt-2. The summed E-state index contributed by atoms with van der Waals surface area (Å²) in [4.78, 5) is 4.91. The van der Waals surface area contributed by atoms with E-state index in [4.69, 9.17) is 13.8 Å². The maximum Gasteiger partial charge on any atom is 0.268 e. The van der Waals surface area contributed by atoms with E-state index >= 15 is 0 Å². The zero-order chi connectivity index (χ0) is 53.4. The molecule has 0 unspecified atom stereocenters. The summed E-state index contributed by atoms with van der Waals surface area (Å²) in [5.41, 5.74) is 12.4. The predicted octanol–water partition coefficient (Wildman–Crippen LogP) is 16.4. The summed E-state index contributed by atoms with van der Waals surface area (Å²) >= 11 is 0. The van der Waals surface area contributed by atoms with Gasteiger partial charge in [0.1, 0.15) is 5.82 Å². The van der Waals surface area contributed by atoms with Crippen LogP contribution in [-0.4, -0.2) is 14.1 Å². The molecule has 0 atom stereocenters. The fourth-order valence-electron chi connectivity index (χ4n) is 9.62. The first-order chi connectivity index (χ1) is 36.3. The number of para-hydroxylation sites is 3. The van der Waals surface area contributed by atoms with Crippen LogP contribution in [0.25, 0.3) is 83.4 Å². The van der Waals surface area contributed by atoms with Gasteiger partial charge in [-0.15, -0.1) is 29.7 Å². The number of benzene rings is 8. The molecule has 0 bridgehead atoms. The molecule has 0 fully saturated rings. The number of hydrogen-bond donors (Lipinski definition) is 0. The first kappa shape index (κ1) is 42.4. The van der Waals surface area contributed by atoms with Gasteiger partial charge in [-0.1, -0.05) is 194 Å². The number of rotatable bonds is 10. The molecule has 0 aliphatic carbocycles. The Balaban J connectivity index is 0.00000672. The fraction of sp³-hybridized carbons (Fsp3) is 0.182. The molecule has 360 valence electrons. The molecule has 3 aromatic heterocycles. The molecular weight excluding hydrogens is 1060 g/mol.